The third-order valence-corrected chi connectivity index (χ3v) is 3.95. The summed E-state index contributed by atoms with van der Waals surface area (Å²) in [6.07, 6.45) is 2.75. The lowest BCUT2D eigenvalue weighted by Crippen LogP contribution is -2.47. The van der Waals surface area contributed by atoms with E-state index in [-0.39, 0.29) is 0 Å². The lowest BCUT2D eigenvalue weighted by atomic mass is 10.2. The maximum Gasteiger partial charge on any atom is 0.142 e. The number of nitrogens with one attached hydrogen (secondary N) is 1. The number of hydrogen-bond donors (Lipinski definition) is 1. The zero-order valence-corrected chi connectivity index (χ0v) is 12.3. The summed E-state index contributed by atoms with van der Waals surface area (Å²) in [5, 5.41) is 10.6. The van der Waals surface area contributed by atoms with E-state index in [1.165, 1.54) is 5.69 Å². The number of benzene rings is 1. The molecular formula is C15H21N5O. The van der Waals surface area contributed by atoms with Crippen LogP contribution in [0.2, 0.25) is 0 Å². The molecule has 2 heterocycles. The maximum absolute atomic E-state index is 5.45. The number of aromatic amines is 1. The van der Waals surface area contributed by atoms with Gasteiger partial charge in [0, 0.05) is 39.1 Å². The second-order valence-corrected chi connectivity index (χ2v) is 5.21. The van der Waals surface area contributed by atoms with Gasteiger partial charge < -0.3 is 9.64 Å². The van der Waals surface area contributed by atoms with Crippen LogP contribution in [0.25, 0.3) is 0 Å². The number of para-hydroxylation sites is 2. The molecule has 1 aliphatic heterocycles. The van der Waals surface area contributed by atoms with Gasteiger partial charge in [-0.05, 0) is 12.1 Å². The highest BCUT2D eigenvalue weighted by atomic mass is 16.5. The molecule has 112 valence electrons. The van der Waals surface area contributed by atoms with Crippen LogP contribution in [0.3, 0.4) is 0 Å². The highest BCUT2D eigenvalue weighted by Gasteiger charge is 2.19. The minimum atomic E-state index is 0.950. The summed E-state index contributed by atoms with van der Waals surface area (Å²) in [6.45, 7) is 5.22. The van der Waals surface area contributed by atoms with Gasteiger partial charge in [0.15, 0.2) is 0 Å². The molecule has 6 nitrogen and oxygen atoms in total. The Kier molecular flexibility index (Phi) is 4.35. The second kappa shape index (κ2) is 6.58. The molecule has 3 rings (SSSR count). The average Bonchev–Trinajstić information content (AvgIpc) is 3.07. The van der Waals surface area contributed by atoms with Crippen molar-refractivity contribution in [3.8, 4) is 5.75 Å². The van der Waals surface area contributed by atoms with E-state index in [0.29, 0.717) is 0 Å². The molecular weight excluding hydrogens is 266 g/mol. The number of rotatable bonds is 5. The second-order valence-electron chi connectivity index (χ2n) is 5.21. The van der Waals surface area contributed by atoms with Gasteiger partial charge in [-0.2, -0.15) is 15.4 Å². The van der Waals surface area contributed by atoms with Gasteiger partial charge in [0.25, 0.3) is 0 Å². The lowest BCUT2D eigenvalue weighted by Gasteiger charge is -2.36. The fourth-order valence-corrected chi connectivity index (χ4v) is 2.72. The van der Waals surface area contributed by atoms with Gasteiger partial charge in [-0.25, -0.2) is 0 Å². The summed E-state index contributed by atoms with van der Waals surface area (Å²) in [6, 6.07) is 8.22. The Labute approximate surface area is 124 Å². The van der Waals surface area contributed by atoms with Gasteiger partial charge in [-0.15, -0.1) is 0 Å². The van der Waals surface area contributed by atoms with E-state index >= 15 is 0 Å². The molecule has 0 amide bonds. The molecule has 0 saturated carbocycles. The van der Waals surface area contributed by atoms with Crippen LogP contribution in [0, 0.1) is 0 Å². The minimum Gasteiger partial charge on any atom is -0.495 e. The molecule has 1 aromatic carbocycles. The lowest BCUT2D eigenvalue weighted by molar-refractivity contribution is 0.259. The first kappa shape index (κ1) is 13.9. The number of ether oxygens (including phenoxy) is 1. The third-order valence-electron chi connectivity index (χ3n) is 3.95. The fourth-order valence-electron chi connectivity index (χ4n) is 2.72. The van der Waals surface area contributed by atoms with Gasteiger partial charge in [0.1, 0.15) is 5.75 Å². The van der Waals surface area contributed by atoms with E-state index in [9.17, 15) is 0 Å². The van der Waals surface area contributed by atoms with Crippen LogP contribution in [-0.2, 0) is 6.42 Å². The van der Waals surface area contributed by atoms with Gasteiger partial charge in [0.05, 0.1) is 24.7 Å². The van der Waals surface area contributed by atoms with E-state index in [2.05, 4.69) is 37.3 Å². The standard InChI is InChI=1S/C15H21N5O/c1-21-15-5-3-2-4-14(15)20-10-8-19(9-11-20)7-6-13-12-16-18-17-13/h2-5,12H,6-11H2,1H3,(H,16,17,18). The smallest absolute Gasteiger partial charge is 0.142 e. The molecule has 0 spiro atoms. The molecule has 0 radical (unpaired) electrons. The van der Waals surface area contributed by atoms with Crippen LogP contribution in [0.1, 0.15) is 5.69 Å². The van der Waals surface area contributed by atoms with E-state index in [1.807, 2.05) is 12.1 Å². The number of nitrogens with zero attached hydrogens (tertiary/aromatic N) is 4. The van der Waals surface area contributed by atoms with E-state index in [0.717, 1.165) is 50.6 Å². The van der Waals surface area contributed by atoms with Crippen LogP contribution < -0.4 is 9.64 Å². The van der Waals surface area contributed by atoms with Crippen LogP contribution in [0.5, 0.6) is 5.75 Å². The van der Waals surface area contributed by atoms with Crippen LogP contribution in [0.15, 0.2) is 30.5 Å². The number of anilines is 1. The summed E-state index contributed by atoms with van der Waals surface area (Å²) in [7, 11) is 1.73. The number of piperazine rings is 1. The Morgan fingerprint density at radius 2 is 2.00 bits per heavy atom. The first-order valence-electron chi connectivity index (χ1n) is 7.32. The largest absolute Gasteiger partial charge is 0.495 e. The molecule has 1 fully saturated rings. The average molecular weight is 287 g/mol. The molecule has 1 aliphatic rings. The maximum atomic E-state index is 5.45. The van der Waals surface area contributed by atoms with Crippen molar-refractivity contribution in [3.63, 3.8) is 0 Å². The number of H-pyrrole nitrogens is 1. The summed E-state index contributed by atoms with van der Waals surface area (Å²) in [4.78, 5) is 4.87. The van der Waals surface area contributed by atoms with Crippen LogP contribution in [0.4, 0.5) is 5.69 Å². The van der Waals surface area contributed by atoms with Crippen molar-refractivity contribution in [2.75, 3.05) is 44.7 Å². The molecule has 2 aromatic rings. The van der Waals surface area contributed by atoms with E-state index in [1.54, 1.807) is 13.3 Å². The SMILES string of the molecule is COc1ccccc1N1CCN(CCc2cn[nH]n2)CC1. The predicted molar refractivity (Wildman–Crippen MR) is 81.7 cm³/mol. The van der Waals surface area contributed by atoms with Gasteiger partial charge in [-0.3, -0.25) is 4.90 Å². The summed E-state index contributed by atoms with van der Waals surface area (Å²) < 4.78 is 5.45. The van der Waals surface area contributed by atoms with Crippen molar-refractivity contribution in [2.24, 2.45) is 0 Å². The minimum absolute atomic E-state index is 0.950. The predicted octanol–water partition coefficient (Wildman–Crippen LogP) is 1.18. The van der Waals surface area contributed by atoms with Crippen molar-refractivity contribution >= 4 is 5.69 Å². The van der Waals surface area contributed by atoms with Crippen LogP contribution in [-0.4, -0.2) is 60.1 Å². The molecule has 0 atom stereocenters. The van der Waals surface area contributed by atoms with E-state index in [4.69, 9.17) is 4.74 Å². The Hall–Kier alpha value is -2.08. The molecule has 0 unspecified atom stereocenters. The van der Waals surface area contributed by atoms with Gasteiger partial charge >= 0.3 is 0 Å². The first-order chi connectivity index (χ1) is 10.4. The highest BCUT2D eigenvalue weighted by Crippen LogP contribution is 2.28. The monoisotopic (exact) mass is 287 g/mol. The zero-order chi connectivity index (χ0) is 14.5. The summed E-state index contributed by atoms with van der Waals surface area (Å²) in [5.41, 5.74) is 2.22. The number of aromatic nitrogens is 3. The first-order valence-corrected chi connectivity index (χ1v) is 7.32. The molecule has 0 bridgehead atoms. The number of hydrogen-bond acceptors (Lipinski definition) is 5. The molecule has 1 N–H and O–H groups in total. The Bertz CT molecular complexity index is 549. The molecule has 0 aliphatic carbocycles. The normalized spacial score (nSPS) is 16.1. The Morgan fingerprint density at radius 1 is 1.19 bits per heavy atom. The van der Waals surface area contributed by atoms with Gasteiger partial charge in [0.2, 0.25) is 0 Å². The fraction of sp³-hybridized carbons (Fsp3) is 0.467. The molecule has 1 aromatic heterocycles. The van der Waals surface area contributed by atoms with Gasteiger partial charge in [-0.1, -0.05) is 12.1 Å². The van der Waals surface area contributed by atoms with Crippen LogP contribution >= 0.6 is 0 Å². The van der Waals surface area contributed by atoms with Crippen molar-refractivity contribution in [1.82, 2.24) is 20.3 Å². The third kappa shape index (κ3) is 3.33. The molecule has 1 saturated heterocycles. The topological polar surface area (TPSA) is 57.3 Å². The highest BCUT2D eigenvalue weighted by molar-refractivity contribution is 5.58. The quantitative estimate of drug-likeness (QED) is 0.895. The van der Waals surface area contributed by atoms with Crippen molar-refractivity contribution < 1.29 is 4.74 Å². The Balaban J connectivity index is 1.53. The summed E-state index contributed by atoms with van der Waals surface area (Å²) >= 11 is 0. The van der Waals surface area contributed by atoms with Crippen molar-refractivity contribution in [3.05, 3.63) is 36.2 Å². The molecule has 21 heavy (non-hydrogen) atoms. The van der Waals surface area contributed by atoms with Crippen molar-refractivity contribution in [2.45, 2.75) is 6.42 Å². The molecule has 6 heteroatoms. The zero-order valence-electron chi connectivity index (χ0n) is 12.3. The number of methoxy groups -OCH3 is 1. The Morgan fingerprint density at radius 3 is 2.71 bits per heavy atom. The van der Waals surface area contributed by atoms with E-state index < -0.39 is 0 Å². The van der Waals surface area contributed by atoms with Crippen molar-refractivity contribution in [1.29, 1.82) is 0 Å². The summed E-state index contributed by atoms with van der Waals surface area (Å²) in [5.74, 6) is 0.952.